The van der Waals surface area contributed by atoms with Gasteiger partial charge in [0.1, 0.15) is 34.6 Å². The highest BCUT2D eigenvalue weighted by atomic mass is 32.1. The fourth-order valence-electron chi connectivity index (χ4n) is 3.54. The summed E-state index contributed by atoms with van der Waals surface area (Å²) in [5.41, 5.74) is -0.0526. The lowest BCUT2D eigenvalue weighted by molar-refractivity contribution is -0.149. The molecule has 1 aromatic heterocycles. The van der Waals surface area contributed by atoms with Crippen molar-refractivity contribution in [3.63, 3.8) is 0 Å². The normalized spacial score (nSPS) is 23.7. The molecule has 1 saturated heterocycles. The van der Waals surface area contributed by atoms with Crippen molar-refractivity contribution in [3.05, 3.63) is 57.2 Å². The lowest BCUT2D eigenvalue weighted by Gasteiger charge is -2.25. The van der Waals surface area contributed by atoms with Crippen LogP contribution in [0.3, 0.4) is 0 Å². The summed E-state index contributed by atoms with van der Waals surface area (Å²) in [7, 11) is -4.23. The number of H-pyrrole nitrogens is 1. The molecule has 0 saturated carbocycles. The minimum Gasteiger partial charge on any atom is -0.462 e. The van der Waals surface area contributed by atoms with E-state index < -0.39 is 62.5 Å². The molecule has 3 rings (SSSR count). The quantitative estimate of drug-likeness (QED) is 0.225. The fourth-order valence-corrected chi connectivity index (χ4v) is 5.18. The zero-order valence-corrected chi connectivity index (χ0v) is 22.4. The van der Waals surface area contributed by atoms with Crippen molar-refractivity contribution in [3.8, 4) is 11.8 Å². The molecule has 0 aliphatic carbocycles. The Hall–Kier alpha value is -2.85. The van der Waals surface area contributed by atoms with Crippen LogP contribution in [0.4, 0.5) is 0 Å². The van der Waals surface area contributed by atoms with Crippen molar-refractivity contribution >= 4 is 25.9 Å². The number of aliphatic hydroxyl groups excluding tert-OH is 1. The summed E-state index contributed by atoms with van der Waals surface area (Å²) in [5.74, 6) is -1.61. The average molecular weight is 553 g/mol. The first kappa shape index (κ1) is 28.7. The number of hydrogen-bond donors (Lipinski definition) is 3. The van der Waals surface area contributed by atoms with Gasteiger partial charge < -0.3 is 19.1 Å². The number of hydrogen-bond acceptors (Lipinski definition) is 10. The fraction of sp³-hybridized carbons (Fsp3) is 0.478. The molecule has 1 aliphatic heterocycles. The van der Waals surface area contributed by atoms with Gasteiger partial charge in [0.25, 0.3) is 0 Å². The van der Waals surface area contributed by atoms with Crippen molar-refractivity contribution in [1.29, 1.82) is 5.26 Å². The first-order valence-corrected chi connectivity index (χ1v) is 13.4. The molecule has 12 nitrogen and oxygen atoms in total. The van der Waals surface area contributed by atoms with Crippen molar-refractivity contribution in [2.45, 2.75) is 58.3 Å². The number of carbonyl (C=O) groups excluding carboxylic acids is 1. The third-order valence-electron chi connectivity index (χ3n) is 5.37. The van der Waals surface area contributed by atoms with E-state index in [-0.39, 0.29) is 10.4 Å². The Morgan fingerprint density at radius 1 is 1.35 bits per heavy atom. The number of aliphatic hydroxyl groups is 1. The Bertz CT molecular complexity index is 1310. The van der Waals surface area contributed by atoms with E-state index in [1.807, 2.05) is 6.07 Å². The highest BCUT2D eigenvalue weighted by molar-refractivity contribution is 7.71. The van der Waals surface area contributed by atoms with Gasteiger partial charge in [0.15, 0.2) is 6.23 Å². The summed E-state index contributed by atoms with van der Waals surface area (Å²) >= 11 is 5.06. The molecule has 37 heavy (non-hydrogen) atoms. The third kappa shape index (κ3) is 7.13. The average Bonchev–Trinajstić information content (AvgIpc) is 3.15. The Kier molecular flexibility index (Phi) is 9.41. The lowest BCUT2D eigenvalue weighted by atomic mass is 10.0. The van der Waals surface area contributed by atoms with Crippen LogP contribution in [0.5, 0.6) is 5.75 Å². The number of nitrogens with one attached hydrogen (secondary N) is 2. The largest absolute Gasteiger partial charge is 0.462 e. The molecule has 200 valence electrons. The summed E-state index contributed by atoms with van der Waals surface area (Å²) < 4.78 is 37.1. The van der Waals surface area contributed by atoms with Crippen LogP contribution < -0.4 is 15.3 Å². The standard InChI is InChI=1S/C23H29N4O8PS/c1-13(2)33-22(29)15(4)26-36(31,35-16-8-6-5-7-9-16)32-12-18-19(28)17(10-24)21(34-18)27-11-14(3)20(37)25-23(27)30/h5-9,11,13,15,17-19,21,28H,12H2,1-4H3,(H,26,31)(H,25,30,37)/t15-,17+,18-,19?,21-,36+/m0/s1. The van der Waals surface area contributed by atoms with Gasteiger partial charge in [-0.3, -0.25) is 18.9 Å². The van der Waals surface area contributed by atoms with Crippen LogP contribution in [0, 0.1) is 28.8 Å². The maximum absolute atomic E-state index is 13.6. The van der Waals surface area contributed by atoms with Crippen molar-refractivity contribution in [2.75, 3.05) is 6.61 Å². The minimum atomic E-state index is -4.23. The van der Waals surface area contributed by atoms with Crippen molar-refractivity contribution < 1.29 is 33.0 Å². The molecule has 0 spiro atoms. The van der Waals surface area contributed by atoms with Gasteiger partial charge >= 0.3 is 19.4 Å². The van der Waals surface area contributed by atoms with Crippen LogP contribution in [0.15, 0.2) is 41.3 Å². The van der Waals surface area contributed by atoms with Gasteiger partial charge in [0, 0.05) is 11.8 Å². The topological polar surface area (TPSA) is 165 Å². The second-order valence-electron chi connectivity index (χ2n) is 8.72. The lowest BCUT2D eigenvalue weighted by Crippen LogP contribution is -2.37. The molecule has 1 aliphatic rings. The van der Waals surface area contributed by atoms with Crippen LogP contribution in [-0.4, -0.2) is 51.6 Å². The van der Waals surface area contributed by atoms with Gasteiger partial charge in [-0.1, -0.05) is 30.4 Å². The summed E-state index contributed by atoms with van der Waals surface area (Å²) in [6.45, 7) is 5.97. The van der Waals surface area contributed by atoms with E-state index in [9.17, 15) is 24.5 Å². The van der Waals surface area contributed by atoms with Gasteiger partial charge in [-0.05, 0) is 39.8 Å². The predicted molar refractivity (Wildman–Crippen MR) is 134 cm³/mol. The Morgan fingerprint density at radius 3 is 2.65 bits per heavy atom. The number of nitrogens with zero attached hydrogens (tertiary/aromatic N) is 2. The Balaban J connectivity index is 1.81. The number of para-hydroxylation sites is 1. The van der Waals surface area contributed by atoms with Gasteiger partial charge in [-0.25, -0.2) is 9.36 Å². The first-order chi connectivity index (χ1) is 17.4. The van der Waals surface area contributed by atoms with Crippen molar-refractivity contribution in [2.24, 2.45) is 5.92 Å². The van der Waals surface area contributed by atoms with Gasteiger partial charge in [-0.2, -0.15) is 10.3 Å². The number of nitriles is 1. The van der Waals surface area contributed by atoms with Crippen LogP contribution in [0.25, 0.3) is 0 Å². The van der Waals surface area contributed by atoms with Gasteiger partial charge in [-0.15, -0.1) is 0 Å². The molecular weight excluding hydrogens is 523 g/mol. The molecular formula is C23H29N4O8PS. The van der Waals surface area contributed by atoms with Crippen LogP contribution in [-0.2, 0) is 23.4 Å². The maximum Gasteiger partial charge on any atom is 0.459 e. The monoisotopic (exact) mass is 552 g/mol. The van der Waals surface area contributed by atoms with Crippen LogP contribution in [0.1, 0.15) is 32.6 Å². The Labute approximate surface area is 218 Å². The molecule has 3 N–H and O–H groups in total. The molecule has 0 bridgehead atoms. The van der Waals surface area contributed by atoms with E-state index in [0.717, 1.165) is 4.57 Å². The number of carbonyl (C=O) groups is 1. The zero-order chi connectivity index (χ0) is 27.3. The molecule has 1 fully saturated rings. The molecule has 1 unspecified atom stereocenters. The molecule has 2 heterocycles. The summed E-state index contributed by atoms with van der Waals surface area (Å²) in [6, 6.07) is 9.03. The van der Waals surface area contributed by atoms with E-state index >= 15 is 0 Å². The Morgan fingerprint density at radius 2 is 2.03 bits per heavy atom. The molecule has 2 aromatic rings. The van der Waals surface area contributed by atoms with E-state index in [2.05, 4.69) is 10.1 Å². The number of aromatic nitrogens is 2. The van der Waals surface area contributed by atoms with E-state index in [1.165, 1.54) is 13.1 Å². The van der Waals surface area contributed by atoms with E-state index in [1.54, 1.807) is 51.1 Å². The van der Waals surface area contributed by atoms with Gasteiger partial charge in [0.2, 0.25) is 0 Å². The minimum absolute atomic E-state index is 0.199. The molecule has 6 atom stereocenters. The number of aryl methyl sites for hydroxylation is 1. The number of esters is 1. The first-order valence-electron chi connectivity index (χ1n) is 11.5. The maximum atomic E-state index is 13.6. The summed E-state index contributed by atoms with van der Waals surface area (Å²) in [5, 5.41) is 22.9. The molecule has 14 heteroatoms. The molecule has 1 aromatic carbocycles. The zero-order valence-electron chi connectivity index (χ0n) is 20.7. The number of aromatic amines is 1. The van der Waals surface area contributed by atoms with Crippen LogP contribution >= 0.6 is 20.0 Å². The van der Waals surface area contributed by atoms with Gasteiger partial charge in [0.05, 0.1) is 18.8 Å². The summed E-state index contributed by atoms with van der Waals surface area (Å²) in [6.07, 6.45) is -2.67. The highest BCUT2D eigenvalue weighted by Gasteiger charge is 2.47. The molecule has 0 amide bonds. The predicted octanol–water partition coefficient (Wildman–Crippen LogP) is 2.75. The third-order valence-corrected chi connectivity index (χ3v) is 7.44. The van der Waals surface area contributed by atoms with Crippen LogP contribution in [0.2, 0.25) is 0 Å². The second kappa shape index (κ2) is 12.1. The number of rotatable bonds is 10. The highest BCUT2D eigenvalue weighted by Crippen LogP contribution is 2.46. The molecule has 0 radical (unpaired) electrons. The number of benzene rings is 1. The smallest absolute Gasteiger partial charge is 0.459 e. The van der Waals surface area contributed by atoms with E-state index in [4.69, 9.17) is 30.7 Å². The van der Waals surface area contributed by atoms with E-state index in [0.29, 0.717) is 5.56 Å². The summed E-state index contributed by atoms with van der Waals surface area (Å²) in [4.78, 5) is 27.2. The SMILES string of the molecule is Cc1cn([C@H]2O[C@@H](CO[P@](=O)(N[C@@H](C)C(=O)OC(C)C)Oc3ccccc3)C(O)[C@H]2C#N)c(=O)[nH]c1=S. The van der Waals surface area contributed by atoms with Crippen molar-refractivity contribution in [1.82, 2.24) is 14.6 Å². The second-order valence-corrected chi connectivity index (χ2v) is 10.8. The number of ether oxygens (including phenoxy) is 2.